The minimum Gasteiger partial charge on any atom is -0.465 e. The summed E-state index contributed by atoms with van der Waals surface area (Å²) in [6.45, 7) is 8.67. The van der Waals surface area contributed by atoms with Crippen LogP contribution in [-0.2, 0) is 25.6 Å². The molecule has 1 aliphatic rings. The van der Waals surface area contributed by atoms with Gasteiger partial charge >= 0.3 is 11.9 Å². The molecule has 7 heteroatoms. The number of hydrogen-bond acceptors (Lipinski definition) is 7. The van der Waals surface area contributed by atoms with Crippen molar-refractivity contribution < 1.29 is 19.1 Å². The number of carbonyl (C=O) groups excluding carboxylic acids is 2. The summed E-state index contributed by atoms with van der Waals surface area (Å²) in [6.07, 6.45) is -0.419. The molecule has 1 saturated heterocycles. The summed E-state index contributed by atoms with van der Waals surface area (Å²) in [7, 11) is 0. The smallest absolute Gasteiger partial charge is 0.319 e. The molecule has 7 nitrogen and oxygen atoms in total. The monoisotopic (exact) mass is 377 g/mol. The van der Waals surface area contributed by atoms with Crippen molar-refractivity contribution in [3.63, 3.8) is 0 Å². The van der Waals surface area contributed by atoms with E-state index in [1.807, 2.05) is 56.0 Å². The lowest BCUT2D eigenvalue weighted by Crippen LogP contribution is -2.52. The highest BCUT2D eigenvalue weighted by Crippen LogP contribution is 2.26. The molecular formula is C20H31N3O4. The summed E-state index contributed by atoms with van der Waals surface area (Å²) < 4.78 is 10.5. The second-order valence-electron chi connectivity index (χ2n) is 7.76. The molecule has 0 radical (unpaired) electrons. The Kier molecular flexibility index (Phi) is 7.35. The summed E-state index contributed by atoms with van der Waals surface area (Å²) in [4.78, 5) is 26.5. The lowest BCUT2D eigenvalue weighted by atomic mass is 10.0. The van der Waals surface area contributed by atoms with Crippen LogP contribution in [0.1, 0.15) is 33.3 Å². The number of rotatable bonds is 7. The maximum atomic E-state index is 12.7. The average molecular weight is 377 g/mol. The third-order valence-corrected chi connectivity index (χ3v) is 4.38. The van der Waals surface area contributed by atoms with Crippen molar-refractivity contribution in [2.24, 2.45) is 11.7 Å². The van der Waals surface area contributed by atoms with Crippen LogP contribution >= 0.6 is 0 Å². The average Bonchev–Trinajstić information content (AvgIpc) is 2.89. The molecule has 1 aromatic rings. The molecule has 0 spiro atoms. The predicted molar refractivity (Wildman–Crippen MR) is 103 cm³/mol. The zero-order valence-corrected chi connectivity index (χ0v) is 16.6. The van der Waals surface area contributed by atoms with Crippen LogP contribution in [0.3, 0.4) is 0 Å². The van der Waals surface area contributed by atoms with Crippen LogP contribution in [0.25, 0.3) is 0 Å². The van der Waals surface area contributed by atoms with Gasteiger partial charge in [0, 0.05) is 13.1 Å². The van der Waals surface area contributed by atoms with Gasteiger partial charge in [-0.3, -0.25) is 14.5 Å². The Bertz CT molecular complexity index is 630. The van der Waals surface area contributed by atoms with Gasteiger partial charge in [0.05, 0.1) is 31.3 Å². The maximum absolute atomic E-state index is 12.7. The number of likely N-dealkylation sites (tertiary alicyclic amines) is 1. The van der Waals surface area contributed by atoms with Gasteiger partial charge in [0.2, 0.25) is 0 Å². The van der Waals surface area contributed by atoms with E-state index in [4.69, 9.17) is 15.2 Å². The SMILES string of the molecule is CCOC(=O)CN[C@H]1C(N)N(Cc2ccccc2)C[C@H]1C(=O)OC(C)(C)C. The Morgan fingerprint density at radius 1 is 1.26 bits per heavy atom. The summed E-state index contributed by atoms with van der Waals surface area (Å²) in [5, 5.41) is 3.11. The van der Waals surface area contributed by atoms with Gasteiger partial charge < -0.3 is 20.5 Å². The number of nitrogens with zero attached hydrogens (tertiary/aromatic N) is 1. The lowest BCUT2D eigenvalue weighted by molar-refractivity contribution is -0.160. The maximum Gasteiger partial charge on any atom is 0.319 e. The van der Waals surface area contributed by atoms with Crippen molar-refractivity contribution in [2.75, 3.05) is 19.7 Å². The van der Waals surface area contributed by atoms with Crippen LogP contribution in [0.4, 0.5) is 0 Å². The molecule has 0 aromatic heterocycles. The number of carbonyl (C=O) groups is 2. The second-order valence-corrected chi connectivity index (χ2v) is 7.76. The van der Waals surface area contributed by atoms with Crippen molar-refractivity contribution in [1.82, 2.24) is 10.2 Å². The molecule has 1 aliphatic heterocycles. The van der Waals surface area contributed by atoms with E-state index < -0.39 is 23.7 Å². The fourth-order valence-corrected chi connectivity index (χ4v) is 3.22. The van der Waals surface area contributed by atoms with Crippen LogP contribution in [0, 0.1) is 5.92 Å². The quantitative estimate of drug-likeness (QED) is 0.691. The van der Waals surface area contributed by atoms with Gasteiger partial charge in [-0.25, -0.2) is 0 Å². The predicted octanol–water partition coefficient (Wildman–Crippen LogP) is 1.27. The summed E-state index contributed by atoms with van der Waals surface area (Å²) >= 11 is 0. The van der Waals surface area contributed by atoms with E-state index >= 15 is 0 Å². The number of benzene rings is 1. The van der Waals surface area contributed by atoms with E-state index in [2.05, 4.69) is 5.32 Å². The first-order valence-corrected chi connectivity index (χ1v) is 9.36. The van der Waals surface area contributed by atoms with E-state index in [-0.39, 0.29) is 18.5 Å². The highest BCUT2D eigenvalue weighted by molar-refractivity contribution is 5.75. The largest absolute Gasteiger partial charge is 0.465 e. The number of nitrogens with one attached hydrogen (secondary N) is 1. The molecule has 0 aliphatic carbocycles. The summed E-state index contributed by atoms with van der Waals surface area (Å²) in [5.74, 6) is -1.14. The van der Waals surface area contributed by atoms with Crippen molar-refractivity contribution >= 4 is 11.9 Å². The van der Waals surface area contributed by atoms with E-state index in [0.29, 0.717) is 19.7 Å². The molecule has 0 saturated carbocycles. The van der Waals surface area contributed by atoms with Crippen LogP contribution < -0.4 is 11.1 Å². The van der Waals surface area contributed by atoms with Gasteiger partial charge in [0.25, 0.3) is 0 Å². The molecule has 27 heavy (non-hydrogen) atoms. The fourth-order valence-electron chi connectivity index (χ4n) is 3.22. The normalized spacial score (nSPS) is 23.2. The molecule has 0 amide bonds. The molecule has 2 rings (SSSR count). The Morgan fingerprint density at radius 3 is 2.52 bits per heavy atom. The molecule has 1 aromatic carbocycles. The van der Waals surface area contributed by atoms with E-state index in [1.54, 1.807) is 6.92 Å². The van der Waals surface area contributed by atoms with Gasteiger partial charge in [-0.05, 0) is 33.3 Å². The third kappa shape index (κ3) is 6.30. The Balaban J connectivity index is 2.11. The Hall–Kier alpha value is -1.96. The van der Waals surface area contributed by atoms with Gasteiger partial charge in [0.15, 0.2) is 0 Å². The van der Waals surface area contributed by atoms with Crippen LogP contribution in [0.15, 0.2) is 30.3 Å². The van der Waals surface area contributed by atoms with Crippen LogP contribution in [0.5, 0.6) is 0 Å². The molecular weight excluding hydrogens is 346 g/mol. The zero-order chi connectivity index (χ0) is 20.0. The lowest BCUT2D eigenvalue weighted by Gasteiger charge is -2.26. The zero-order valence-electron chi connectivity index (χ0n) is 16.6. The Labute approximate surface area is 161 Å². The molecule has 150 valence electrons. The van der Waals surface area contributed by atoms with Gasteiger partial charge in [0.1, 0.15) is 5.60 Å². The molecule has 3 N–H and O–H groups in total. The van der Waals surface area contributed by atoms with E-state index in [1.165, 1.54) is 0 Å². The van der Waals surface area contributed by atoms with E-state index in [9.17, 15) is 9.59 Å². The molecule has 1 fully saturated rings. The molecule has 0 bridgehead atoms. The first-order chi connectivity index (χ1) is 12.7. The number of esters is 2. The highest BCUT2D eigenvalue weighted by atomic mass is 16.6. The number of hydrogen-bond donors (Lipinski definition) is 2. The Morgan fingerprint density at radius 2 is 1.93 bits per heavy atom. The third-order valence-electron chi connectivity index (χ3n) is 4.38. The van der Waals surface area contributed by atoms with Gasteiger partial charge in [-0.1, -0.05) is 30.3 Å². The van der Waals surface area contributed by atoms with Crippen molar-refractivity contribution in [3.05, 3.63) is 35.9 Å². The van der Waals surface area contributed by atoms with Crippen molar-refractivity contribution in [1.29, 1.82) is 0 Å². The van der Waals surface area contributed by atoms with Gasteiger partial charge in [-0.15, -0.1) is 0 Å². The number of nitrogens with two attached hydrogens (primary N) is 1. The van der Waals surface area contributed by atoms with Gasteiger partial charge in [-0.2, -0.15) is 0 Å². The summed E-state index contributed by atoms with van der Waals surface area (Å²) in [5.41, 5.74) is 6.96. The van der Waals surface area contributed by atoms with Crippen molar-refractivity contribution in [3.8, 4) is 0 Å². The minimum atomic E-state index is -0.584. The minimum absolute atomic E-state index is 0.00464. The highest BCUT2D eigenvalue weighted by Gasteiger charge is 2.45. The van der Waals surface area contributed by atoms with E-state index in [0.717, 1.165) is 5.56 Å². The van der Waals surface area contributed by atoms with Crippen molar-refractivity contribution in [2.45, 2.75) is 52.0 Å². The topological polar surface area (TPSA) is 93.9 Å². The first-order valence-electron chi connectivity index (χ1n) is 9.36. The van der Waals surface area contributed by atoms with Crippen LogP contribution in [0.2, 0.25) is 0 Å². The van der Waals surface area contributed by atoms with Crippen LogP contribution in [-0.4, -0.2) is 54.3 Å². The second kappa shape index (κ2) is 9.30. The fraction of sp³-hybridized carbons (Fsp3) is 0.600. The molecule has 1 heterocycles. The molecule has 3 atom stereocenters. The molecule has 1 unspecified atom stereocenters. The first kappa shape index (κ1) is 21.3. The summed E-state index contributed by atoms with van der Waals surface area (Å²) in [6, 6.07) is 9.55. The number of ether oxygens (including phenoxy) is 2. The standard InChI is InChI=1S/C20H31N3O4/c1-5-26-16(24)11-22-17-15(19(25)27-20(2,3)4)13-23(18(17)21)12-14-9-7-6-8-10-14/h6-10,15,17-18,22H,5,11-13,21H2,1-4H3/t15-,17-,18?/m1/s1.